The van der Waals surface area contributed by atoms with Gasteiger partial charge in [-0.1, -0.05) is 12.1 Å². The zero-order valence-corrected chi connectivity index (χ0v) is 18.3. The van der Waals surface area contributed by atoms with Crippen LogP contribution in [0.25, 0.3) is 10.9 Å². The summed E-state index contributed by atoms with van der Waals surface area (Å²) in [4.78, 5) is 27.9. The number of halogens is 3. The minimum absolute atomic E-state index is 0.0208. The molecule has 2 fully saturated rings. The Labute approximate surface area is 193 Å². The first-order chi connectivity index (χ1) is 16.3. The minimum atomic E-state index is -4.52. The van der Waals surface area contributed by atoms with Gasteiger partial charge in [0, 0.05) is 35.9 Å². The van der Waals surface area contributed by atoms with Crippen LogP contribution in [0.2, 0.25) is 0 Å². The van der Waals surface area contributed by atoms with Crippen molar-refractivity contribution in [1.29, 1.82) is 0 Å². The molecule has 1 saturated heterocycles. The Kier molecular flexibility index (Phi) is 4.69. The molecule has 1 aromatic carbocycles. The molecular formula is C24H22F3N5O2. The van der Waals surface area contributed by atoms with E-state index in [1.807, 2.05) is 0 Å². The molecular weight excluding hydrogens is 447 g/mol. The van der Waals surface area contributed by atoms with Crippen LogP contribution in [0.15, 0.2) is 30.5 Å². The first kappa shape index (κ1) is 21.1. The van der Waals surface area contributed by atoms with E-state index in [0.717, 1.165) is 25.3 Å². The number of hydrogen-bond acceptors (Lipinski definition) is 6. The van der Waals surface area contributed by atoms with Gasteiger partial charge in [0.2, 0.25) is 5.91 Å². The van der Waals surface area contributed by atoms with Gasteiger partial charge in [0.05, 0.1) is 23.9 Å². The number of carbonyl (C=O) groups is 1. The van der Waals surface area contributed by atoms with E-state index in [2.05, 4.69) is 10.3 Å². The van der Waals surface area contributed by atoms with E-state index in [0.29, 0.717) is 53.3 Å². The van der Waals surface area contributed by atoms with Crippen LogP contribution in [-0.4, -0.2) is 34.0 Å². The normalized spacial score (nSPS) is 19.4. The van der Waals surface area contributed by atoms with Gasteiger partial charge in [-0.15, -0.1) is 0 Å². The molecule has 6 rings (SSSR count). The Morgan fingerprint density at radius 2 is 2.00 bits per heavy atom. The van der Waals surface area contributed by atoms with Gasteiger partial charge < -0.3 is 10.1 Å². The van der Waals surface area contributed by atoms with Crippen molar-refractivity contribution >= 4 is 28.4 Å². The molecule has 1 saturated carbocycles. The summed E-state index contributed by atoms with van der Waals surface area (Å²) < 4.78 is 46.8. The number of nitrogens with one attached hydrogen (secondary N) is 1. The number of rotatable bonds is 1. The molecule has 0 unspecified atom stereocenters. The SMILES string of the molecule is O=C1CCCN1c1cc2c3nc(nc2cn1)C1(CCOc2c(cccc2C(F)(F)F)CN3)CC1. The standard InChI is InChI=1S/C24H22F3N5O2/c25-24(26,27)16-4-1-3-14-12-29-21-15-11-18(32-9-2-5-19(32)33)28-13-17(15)30-22(31-21)23(6-7-23)8-10-34-20(14)16/h1,3-4,11,13H,2,5-10,12H2,(H,29,30,31). The number of benzene rings is 1. The molecule has 3 aromatic rings. The molecule has 1 aliphatic carbocycles. The van der Waals surface area contributed by atoms with Gasteiger partial charge in [0.25, 0.3) is 0 Å². The molecule has 1 spiro atoms. The third kappa shape index (κ3) is 3.52. The second kappa shape index (κ2) is 7.54. The Morgan fingerprint density at radius 3 is 2.74 bits per heavy atom. The number of nitrogens with zero attached hydrogens (tertiary/aromatic N) is 4. The summed E-state index contributed by atoms with van der Waals surface area (Å²) in [5, 5.41) is 3.90. The van der Waals surface area contributed by atoms with Gasteiger partial charge >= 0.3 is 6.18 Å². The van der Waals surface area contributed by atoms with Gasteiger partial charge in [-0.3, -0.25) is 9.69 Å². The second-order valence-electron chi connectivity index (χ2n) is 9.13. The lowest BCUT2D eigenvalue weighted by Gasteiger charge is -2.18. The average molecular weight is 469 g/mol. The molecule has 1 amide bonds. The Bertz CT molecular complexity index is 1310. The number of fused-ring (bicyclic) bond motifs is 6. The summed E-state index contributed by atoms with van der Waals surface area (Å²) in [7, 11) is 0. The predicted octanol–water partition coefficient (Wildman–Crippen LogP) is 4.60. The zero-order valence-electron chi connectivity index (χ0n) is 18.3. The summed E-state index contributed by atoms with van der Waals surface area (Å²) in [5.74, 6) is 1.58. The maximum atomic E-state index is 13.7. The van der Waals surface area contributed by atoms with Gasteiger partial charge in [0.1, 0.15) is 23.2 Å². The Balaban J connectivity index is 1.47. The van der Waals surface area contributed by atoms with Crippen LogP contribution >= 0.6 is 0 Å². The summed E-state index contributed by atoms with van der Waals surface area (Å²) in [5.41, 5.74) is -0.0543. The summed E-state index contributed by atoms with van der Waals surface area (Å²) >= 11 is 0. The largest absolute Gasteiger partial charge is 0.493 e. The first-order valence-electron chi connectivity index (χ1n) is 11.4. The molecule has 7 nitrogen and oxygen atoms in total. The maximum absolute atomic E-state index is 13.7. The quantitative estimate of drug-likeness (QED) is 0.561. The van der Waals surface area contributed by atoms with Crippen LogP contribution in [0.4, 0.5) is 24.8 Å². The molecule has 0 radical (unpaired) electrons. The first-order valence-corrected chi connectivity index (χ1v) is 11.4. The highest BCUT2D eigenvalue weighted by Gasteiger charge is 2.47. The van der Waals surface area contributed by atoms with Crippen LogP contribution in [0.1, 0.15) is 49.1 Å². The highest BCUT2D eigenvalue weighted by Crippen LogP contribution is 2.51. The summed E-state index contributed by atoms with van der Waals surface area (Å²) in [6.07, 6.45) is 0.619. The van der Waals surface area contributed by atoms with Crippen LogP contribution in [0.5, 0.6) is 5.75 Å². The number of alkyl halides is 3. The van der Waals surface area contributed by atoms with Crippen molar-refractivity contribution in [1.82, 2.24) is 15.0 Å². The Morgan fingerprint density at radius 1 is 1.15 bits per heavy atom. The van der Waals surface area contributed by atoms with E-state index < -0.39 is 11.7 Å². The monoisotopic (exact) mass is 469 g/mol. The molecule has 2 aromatic heterocycles. The molecule has 2 bridgehead atoms. The van der Waals surface area contributed by atoms with Gasteiger partial charge in [0.15, 0.2) is 0 Å². The van der Waals surface area contributed by atoms with Crippen molar-refractivity contribution in [2.45, 2.75) is 50.2 Å². The number of anilines is 2. The van der Waals surface area contributed by atoms with E-state index in [4.69, 9.17) is 14.7 Å². The van der Waals surface area contributed by atoms with E-state index in [-0.39, 0.29) is 30.2 Å². The zero-order chi connectivity index (χ0) is 23.5. The number of para-hydroxylation sites is 1. The number of pyridine rings is 1. The molecule has 10 heteroatoms. The smallest absolute Gasteiger partial charge is 0.419 e. The van der Waals surface area contributed by atoms with Crippen molar-refractivity contribution < 1.29 is 22.7 Å². The fourth-order valence-corrected chi connectivity index (χ4v) is 4.81. The second-order valence-corrected chi connectivity index (χ2v) is 9.13. The fourth-order valence-electron chi connectivity index (χ4n) is 4.81. The lowest BCUT2D eigenvalue weighted by atomic mass is 10.0. The lowest BCUT2D eigenvalue weighted by molar-refractivity contribution is -0.139. The molecule has 0 atom stereocenters. The molecule has 1 N–H and O–H groups in total. The van der Waals surface area contributed by atoms with Gasteiger partial charge in [-0.05, 0) is 37.8 Å². The summed E-state index contributed by atoms with van der Waals surface area (Å²) in [6.45, 7) is 0.844. The topological polar surface area (TPSA) is 80.2 Å². The van der Waals surface area contributed by atoms with Crippen molar-refractivity contribution in [3.8, 4) is 5.75 Å². The van der Waals surface area contributed by atoms with E-state index >= 15 is 0 Å². The van der Waals surface area contributed by atoms with Crippen LogP contribution in [0.3, 0.4) is 0 Å². The highest BCUT2D eigenvalue weighted by atomic mass is 19.4. The molecule has 176 valence electrons. The average Bonchev–Trinajstić information content (AvgIpc) is 3.48. The van der Waals surface area contributed by atoms with Crippen molar-refractivity contribution in [2.75, 3.05) is 23.4 Å². The number of ether oxygens (including phenoxy) is 1. The predicted molar refractivity (Wildman–Crippen MR) is 119 cm³/mol. The molecule has 2 aliphatic heterocycles. The maximum Gasteiger partial charge on any atom is 0.419 e. The van der Waals surface area contributed by atoms with Crippen LogP contribution in [-0.2, 0) is 22.9 Å². The molecule has 4 heterocycles. The number of amides is 1. The summed E-state index contributed by atoms with van der Waals surface area (Å²) in [6, 6.07) is 5.85. The van der Waals surface area contributed by atoms with E-state index in [1.165, 1.54) is 6.07 Å². The fraction of sp³-hybridized carbons (Fsp3) is 0.417. The van der Waals surface area contributed by atoms with Crippen molar-refractivity contribution in [2.24, 2.45) is 0 Å². The third-order valence-electron chi connectivity index (χ3n) is 6.92. The third-order valence-corrected chi connectivity index (χ3v) is 6.92. The van der Waals surface area contributed by atoms with Crippen LogP contribution in [0, 0.1) is 0 Å². The van der Waals surface area contributed by atoms with E-state index in [9.17, 15) is 18.0 Å². The van der Waals surface area contributed by atoms with E-state index in [1.54, 1.807) is 23.2 Å². The van der Waals surface area contributed by atoms with Gasteiger partial charge in [-0.2, -0.15) is 13.2 Å². The van der Waals surface area contributed by atoms with Crippen molar-refractivity contribution in [3.05, 3.63) is 47.4 Å². The van der Waals surface area contributed by atoms with Crippen molar-refractivity contribution in [3.63, 3.8) is 0 Å². The van der Waals surface area contributed by atoms with Crippen LogP contribution < -0.4 is 15.0 Å². The van der Waals surface area contributed by atoms with Gasteiger partial charge in [-0.25, -0.2) is 15.0 Å². The number of aromatic nitrogens is 3. The minimum Gasteiger partial charge on any atom is -0.493 e. The number of carbonyl (C=O) groups excluding carboxylic acids is 1. The molecule has 3 aliphatic rings. The highest BCUT2D eigenvalue weighted by molar-refractivity contribution is 5.98. The number of hydrogen-bond donors (Lipinski definition) is 1. The molecule has 34 heavy (non-hydrogen) atoms. The Hall–Kier alpha value is -3.43. The lowest BCUT2D eigenvalue weighted by Crippen LogP contribution is -2.24.